The summed E-state index contributed by atoms with van der Waals surface area (Å²) in [6, 6.07) is 3.49. The molecule has 1 heterocycles. The van der Waals surface area contributed by atoms with E-state index in [4.69, 9.17) is 9.47 Å². The van der Waals surface area contributed by atoms with Gasteiger partial charge in [0.2, 0.25) is 0 Å². The van der Waals surface area contributed by atoms with Crippen LogP contribution < -0.4 is 5.56 Å². The molecule has 0 bridgehead atoms. The SMILES string of the molecule is COC(Cn1cccc(Br)c1=O)OC. The van der Waals surface area contributed by atoms with Crippen molar-refractivity contribution < 1.29 is 9.47 Å². The van der Waals surface area contributed by atoms with Crippen molar-refractivity contribution >= 4 is 15.9 Å². The highest BCUT2D eigenvalue weighted by molar-refractivity contribution is 9.10. The number of pyridine rings is 1. The molecule has 0 saturated carbocycles. The maximum Gasteiger partial charge on any atom is 0.265 e. The van der Waals surface area contributed by atoms with Gasteiger partial charge in [0.15, 0.2) is 6.29 Å². The van der Waals surface area contributed by atoms with Crippen LogP contribution in [0.4, 0.5) is 0 Å². The molecule has 14 heavy (non-hydrogen) atoms. The number of ether oxygens (including phenoxy) is 2. The highest BCUT2D eigenvalue weighted by Crippen LogP contribution is 2.02. The Morgan fingerprint density at radius 1 is 1.50 bits per heavy atom. The third-order valence-corrected chi connectivity index (χ3v) is 2.45. The molecule has 0 aliphatic rings. The van der Waals surface area contributed by atoms with Crippen LogP contribution in [0.5, 0.6) is 0 Å². The van der Waals surface area contributed by atoms with Crippen molar-refractivity contribution in [3.05, 3.63) is 33.2 Å². The molecular formula is C9H12BrNO3. The van der Waals surface area contributed by atoms with E-state index < -0.39 is 6.29 Å². The molecule has 0 amide bonds. The summed E-state index contributed by atoms with van der Waals surface area (Å²) in [6.07, 6.45) is 1.29. The van der Waals surface area contributed by atoms with Gasteiger partial charge in [0, 0.05) is 20.4 Å². The van der Waals surface area contributed by atoms with E-state index in [0.29, 0.717) is 11.0 Å². The topological polar surface area (TPSA) is 40.5 Å². The van der Waals surface area contributed by atoms with E-state index in [9.17, 15) is 4.79 Å². The molecule has 78 valence electrons. The minimum atomic E-state index is -0.401. The average Bonchev–Trinajstić information content (AvgIpc) is 2.20. The molecule has 0 radical (unpaired) electrons. The molecule has 0 atom stereocenters. The third kappa shape index (κ3) is 2.67. The van der Waals surface area contributed by atoms with Crippen LogP contribution in [0.2, 0.25) is 0 Å². The summed E-state index contributed by atoms with van der Waals surface area (Å²) in [5.41, 5.74) is -0.0911. The number of methoxy groups -OCH3 is 2. The van der Waals surface area contributed by atoms with E-state index >= 15 is 0 Å². The average molecular weight is 262 g/mol. The van der Waals surface area contributed by atoms with E-state index in [-0.39, 0.29) is 5.56 Å². The first-order valence-corrected chi connectivity index (χ1v) is 4.89. The minimum Gasteiger partial charge on any atom is -0.354 e. The quantitative estimate of drug-likeness (QED) is 0.766. The molecule has 0 fully saturated rings. The number of rotatable bonds is 4. The summed E-state index contributed by atoms with van der Waals surface area (Å²) in [6.45, 7) is 0.380. The lowest BCUT2D eigenvalue weighted by molar-refractivity contribution is -0.111. The second-order valence-corrected chi connectivity index (χ2v) is 3.57. The summed E-state index contributed by atoms with van der Waals surface area (Å²) in [5, 5.41) is 0. The van der Waals surface area contributed by atoms with Crippen molar-refractivity contribution in [1.29, 1.82) is 0 Å². The zero-order chi connectivity index (χ0) is 10.6. The Labute approximate surface area is 90.6 Å². The van der Waals surface area contributed by atoms with Crippen LogP contribution in [0, 0.1) is 0 Å². The second-order valence-electron chi connectivity index (χ2n) is 2.71. The zero-order valence-corrected chi connectivity index (χ0v) is 9.65. The molecule has 1 rings (SSSR count). The van der Waals surface area contributed by atoms with Gasteiger partial charge in [0.1, 0.15) is 0 Å². The standard InChI is InChI=1S/C9H12BrNO3/c1-13-8(14-2)6-11-5-3-4-7(10)9(11)12/h3-5,8H,6H2,1-2H3. The molecule has 1 aromatic heterocycles. The van der Waals surface area contributed by atoms with E-state index in [1.165, 1.54) is 18.8 Å². The first-order valence-electron chi connectivity index (χ1n) is 4.09. The molecule has 0 aliphatic carbocycles. The van der Waals surface area contributed by atoms with Crippen LogP contribution in [0.15, 0.2) is 27.6 Å². The van der Waals surface area contributed by atoms with Gasteiger partial charge in [-0.05, 0) is 28.1 Å². The van der Waals surface area contributed by atoms with Crippen molar-refractivity contribution in [2.45, 2.75) is 12.8 Å². The first-order chi connectivity index (χ1) is 6.69. The van der Waals surface area contributed by atoms with Gasteiger partial charge in [0.05, 0.1) is 11.0 Å². The van der Waals surface area contributed by atoms with Crippen LogP contribution in [0.25, 0.3) is 0 Å². The largest absolute Gasteiger partial charge is 0.354 e. The van der Waals surface area contributed by atoms with Gasteiger partial charge < -0.3 is 14.0 Å². The van der Waals surface area contributed by atoms with Crippen molar-refractivity contribution in [1.82, 2.24) is 4.57 Å². The van der Waals surface area contributed by atoms with Gasteiger partial charge in [-0.2, -0.15) is 0 Å². The minimum absolute atomic E-state index is 0.0911. The molecule has 0 aliphatic heterocycles. The van der Waals surface area contributed by atoms with Crippen molar-refractivity contribution in [2.24, 2.45) is 0 Å². The van der Waals surface area contributed by atoms with E-state index in [0.717, 1.165) is 0 Å². The highest BCUT2D eigenvalue weighted by Gasteiger charge is 2.07. The smallest absolute Gasteiger partial charge is 0.265 e. The van der Waals surface area contributed by atoms with Gasteiger partial charge >= 0.3 is 0 Å². The summed E-state index contributed by atoms with van der Waals surface area (Å²) >= 11 is 3.16. The Balaban J connectivity index is 2.86. The van der Waals surface area contributed by atoms with E-state index in [2.05, 4.69) is 15.9 Å². The summed E-state index contributed by atoms with van der Waals surface area (Å²) in [7, 11) is 3.08. The van der Waals surface area contributed by atoms with Gasteiger partial charge in [-0.3, -0.25) is 4.79 Å². The fourth-order valence-electron chi connectivity index (χ4n) is 1.06. The summed E-state index contributed by atoms with van der Waals surface area (Å²) in [5.74, 6) is 0. The Kier molecular flexibility index (Phi) is 4.31. The Bertz CT molecular complexity index is 346. The van der Waals surface area contributed by atoms with Gasteiger partial charge in [-0.15, -0.1) is 0 Å². The lowest BCUT2D eigenvalue weighted by Gasteiger charge is -2.14. The van der Waals surface area contributed by atoms with Crippen LogP contribution in [0.3, 0.4) is 0 Å². The number of halogens is 1. The molecule has 1 aromatic rings. The fourth-order valence-corrected chi connectivity index (χ4v) is 1.44. The zero-order valence-electron chi connectivity index (χ0n) is 8.07. The number of nitrogens with zero attached hydrogens (tertiary/aromatic N) is 1. The molecule has 5 heteroatoms. The highest BCUT2D eigenvalue weighted by atomic mass is 79.9. The molecule has 0 N–H and O–H groups in total. The van der Waals surface area contributed by atoms with Gasteiger partial charge in [0.25, 0.3) is 5.56 Å². The fraction of sp³-hybridized carbons (Fsp3) is 0.444. The maximum atomic E-state index is 11.5. The number of hydrogen-bond donors (Lipinski definition) is 0. The van der Waals surface area contributed by atoms with Crippen molar-refractivity contribution in [3.63, 3.8) is 0 Å². The maximum absolute atomic E-state index is 11.5. The van der Waals surface area contributed by atoms with Crippen molar-refractivity contribution in [3.8, 4) is 0 Å². The van der Waals surface area contributed by atoms with Crippen LogP contribution in [-0.2, 0) is 16.0 Å². The van der Waals surface area contributed by atoms with Gasteiger partial charge in [-0.1, -0.05) is 0 Å². The van der Waals surface area contributed by atoms with Crippen LogP contribution >= 0.6 is 15.9 Å². The second kappa shape index (κ2) is 5.29. The number of aromatic nitrogens is 1. The molecule has 0 unspecified atom stereocenters. The lowest BCUT2D eigenvalue weighted by atomic mass is 10.4. The van der Waals surface area contributed by atoms with Gasteiger partial charge in [-0.25, -0.2) is 0 Å². The van der Waals surface area contributed by atoms with Crippen LogP contribution in [-0.4, -0.2) is 25.1 Å². The molecule has 0 spiro atoms. The first kappa shape index (κ1) is 11.4. The predicted molar refractivity (Wildman–Crippen MR) is 56.2 cm³/mol. The Hall–Kier alpha value is -0.650. The van der Waals surface area contributed by atoms with Crippen LogP contribution in [0.1, 0.15) is 0 Å². The monoisotopic (exact) mass is 261 g/mol. The summed E-state index contributed by atoms with van der Waals surface area (Å²) in [4.78, 5) is 11.5. The Morgan fingerprint density at radius 2 is 2.14 bits per heavy atom. The third-order valence-electron chi connectivity index (χ3n) is 1.85. The summed E-state index contributed by atoms with van der Waals surface area (Å²) < 4.78 is 12.1. The van der Waals surface area contributed by atoms with E-state index in [1.54, 1.807) is 18.3 Å². The molecule has 0 aromatic carbocycles. The molecule has 0 saturated heterocycles. The predicted octanol–water partition coefficient (Wildman–Crippen LogP) is 1.23. The molecule has 4 nitrogen and oxygen atoms in total. The molecular weight excluding hydrogens is 250 g/mol. The van der Waals surface area contributed by atoms with Crippen molar-refractivity contribution in [2.75, 3.05) is 14.2 Å². The normalized spacial score (nSPS) is 10.9. The lowest BCUT2D eigenvalue weighted by Crippen LogP contribution is -2.28. The van der Waals surface area contributed by atoms with E-state index in [1.807, 2.05) is 0 Å². The Morgan fingerprint density at radius 3 is 2.71 bits per heavy atom. The number of hydrogen-bond acceptors (Lipinski definition) is 3.